The number of carbonyl (C=O) groups is 1. The lowest BCUT2D eigenvalue weighted by Crippen LogP contribution is -2.21. The molecule has 0 atom stereocenters. The quantitative estimate of drug-likeness (QED) is 0.699. The van der Waals surface area contributed by atoms with Crippen LogP contribution in [0.25, 0.3) is 22.3 Å². The molecular weight excluding hydrogens is 337 g/mol. The van der Waals surface area contributed by atoms with Gasteiger partial charge in [0, 0.05) is 28.9 Å². The van der Waals surface area contributed by atoms with Crippen LogP contribution in [0.5, 0.6) is 0 Å². The largest absolute Gasteiger partial charge is 0.490 e. The molecule has 0 amide bonds. The highest BCUT2D eigenvalue weighted by Gasteiger charge is 2.38. The molecule has 130 valence electrons. The number of aryl methyl sites for hydroxylation is 1. The molecule has 0 aliphatic heterocycles. The third-order valence-electron chi connectivity index (χ3n) is 3.11. The lowest BCUT2D eigenvalue weighted by Gasteiger charge is -2.04. The second-order valence-electron chi connectivity index (χ2n) is 4.98. The van der Waals surface area contributed by atoms with Gasteiger partial charge in [-0.3, -0.25) is 4.98 Å². The summed E-state index contributed by atoms with van der Waals surface area (Å²) in [6.45, 7) is 1.89. The number of benzene rings is 1. The number of alkyl halides is 3. The molecule has 3 rings (SSSR count). The summed E-state index contributed by atoms with van der Waals surface area (Å²) in [5, 5.41) is 8.19. The smallest absolute Gasteiger partial charge is 0.475 e. The van der Waals surface area contributed by atoms with E-state index in [1.807, 2.05) is 37.3 Å². The van der Waals surface area contributed by atoms with Crippen molar-refractivity contribution in [2.45, 2.75) is 13.1 Å². The van der Waals surface area contributed by atoms with Crippen LogP contribution in [0, 0.1) is 6.92 Å². The lowest BCUT2D eigenvalue weighted by molar-refractivity contribution is -0.192. The van der Waals surface area contributed by atoms with Gasteiger partial charge in [-0.25, -0.2) is 14.8 Å². The maximum Gasteiger partial charge on any atom is 0.490 e. The Kier molecular flexibility index (Phi) is 5.16. The summed E-state index contributed by atoms with van der Waals surface area (Å²) in [4.78, 5) is 21.8. The summed E-state index contributed by atoms with van der Waals surface area (Å²) >= 11 is 0. The molecule has 0 fully saturated rings. The molecule has 0 spiro atoms. The highest BCUT2D eigenvalue weighted by molar-refractivity contribution is 5.83. The van der Waals surface area contributed by atoms with Gasteiger partial charge in [0.15, 0.2) is 5.82 Å². The van der Waals surface area contributed by atoms with Crippen LogP contribution < -0.4 is 5.73 Å². The van der Waals surface area contributed by atoms with Gasteiger partial charge in [0.05, 0.1) is 5.52 Å². The van der Waals surface area contributed by atoms with Crippen molar-refractivity contribution in [2.75, 3.05) is 5.73 Å². The van der Waals surface area contributed by atoms with Crippen LogP contribution in [0.2, 0.25) is 0 Å². The first-order valence-electron chi connectivity index (χ1n) is 6.93. The third-order valence-corrected chi connectivity index (χ3v) is 3.11. The number of hydrogen-bond acceptors (Lipinski definition) is 5. The highest BCUT2D eigenvalue weighted by Crippen LogP contribution is 2.21. The van der Waals surface area contributed by atoms with E-state index in [1.165, 1.54) is 0 Å². The second kappa shape index (κ2) is 7.12. The van der Waals surface area contributed by atoms with Gasteiger partial charge in [-0.15, -0.1) is 0 Å². The molecule has 3 N–H and O–H groups in total. The number of rotatable bonds is 1. The topological polar surface area (TPSA) is 102 Å². The van der Waals surface area contributed by atoms with Crippen molar-refractivity contribution >= 4 is 22.7 Å². The Hall–Kier alpha value is -3.23. The van der Waals surface area contributed by atoms with E-state index in [2.05, 4.69) is 15.0 Å². The molecule has 0 aliphatic carbocycles. The average molecular weight is 350 g/mol. The molecule has 3 aromatic rings. The number of hydrogen-bond donors (Lipinski definition) is 2. The summed E-state index contributed by atoms with van der Waals surface area (Å²) < 4.78 is 31.7. The maximum atomic E-state index is 10.6. The van der Waals surface area contributed by atoms with Crippen LogP contribution in [0.4, 0.5) is 19.0 Å². The molecule has 0 saturated heterocycles. The number of nitrogens with two attached hydrogens (primary N) is 1. The molecule has 9 heteroatoms. The van der Waals surface area contributed by atoms with Crippen LogP contribution in [0.15, 0.2) is 42.7 Å². The van der Waals surface area contributed by atoms with E-state index in [0.717, 1.165) is 22.0 Å². The zero-order chi connectivity index (χ0) is 18.6. The van der Waals surface area contributed by atoms with Crippen LogP contribution in [-0.4, -0.2) is 32.2 Å². The lowest BCUT2D eigenvalue weighted by atomic mass is 10.1. The van der Waals surface area contributed by atoms with Crippen LogP contribution in [0.3, 0.4) is 0 Å². The van der Waals surface area contributed by atoms with Gasteiger partial charge >= 0.3 is 12.1 Å². The first-order valence-corrected chi connectivity index (χ1v) is 6.93. The Balaban J connectivity index is 0.000000277. The molecule has 2 aromatic heterocycles. The van der Waals surface area contributed by atoms with E-state index >= 15 is 0 Å². The zero-order valence-electron chi connectivity index (χ0n) is 12.9. The highest BCUT2D eigenvalue weighted by atomic mass is 19.4. The minimum atomic E-state index is -5.08. The van der Waals surface area contributed by atoms with Gasteiger partial charge < -0.3 is 10.8 Å². The SMILES string of the molecule is Cc1cnc(-c2ccc3ncccc3c2)nc1N.O=C(O)C(F)(F)F. The standard InChI is InChI=1S/C14H12N4.C2HF3O2/c1-9-8-17-14(18-13(9)15)11-4-5-12-10(7-11)3-2-6-16-12;3-2(4,5)1(6)7/h2-8H,1H3,(H2,15,17,18);(H,6,7). The number of aromatic nitrogens is 3. The van der Waals surface area contributed by atoms with Gasteiger partial charge in [0.25, 0.3) is 0 Å². The predicted molar refractivity (Wildman–Crippen MR) is 85.6 cm³/mol. The third kappa shape index (κ3) is 4.63. The Morgan fingerprint density at radius 1 is 1.20 bits per heavy atom. The molecule has 6 nitrogen and oxygen atoms in total. The first-order chi connectivity index (χ1) is 11.7. The summed E-state index contributed by atoms with van der Waals surface area (Å²) in [7, 11) is 0. The van der Waals surface area contributed by atoms with Gasteiger partial charge in [-0.05, 0) is 31.2 Å². The Labute approximate surface area is 140 Å². The monoisotopic (exact) mass is 350 g/mol. The van der Waals surface area contributed by atoms with Crippen molar-refractivity contribution in [1.82, 2.24) is 15.0 Å². The number of carboxylic acid groups (broad SMARTS) is 1. The number of carboxylic acids is 1. The molecule has 0 saturated carbocycles. The van der Waals surface area contributed by atoms with Crippen molar-refractivity contribution in [3.05, 3.63) is 48.3 Å². The minimum absolute atomic E-state index is 0.520. The van der Waals surface area contributed by atoms with Gasteiger partial charge in [0.2, 0.25) is 0 Å². The Morgan fingerprint density at radius 2 is 1.88 bits per heavy atom. The Bertz CT molecular complexity index is 913. The van der Waals surface area contributed by atoms with Crippen LogP contribution >= 0.6 is 0 Å². The number of nitrogen functional groups attached to an aromatic ring is 1. The van der Waals surface area contributed by atoms with Gasteiger partial charge in [-0.1, -0.05) is 6.07 Å². The van der Waals surface area contributed by atoms with E-state index in [1.54, 1.807) is 12.4 Å². The summed E-state index contributed by atoms with van der Waals surface area (Å²) in [6.07, 6.45) is -1.56. The van der Waals surface area contributed by atoms with Crippen molar-refractivity contribution in [3.8, 4) is 11.4 Å². The van der Waals surface area contributed by atoms with Crippen molar-refractivity contribution < 1.29 is 23.1 Å². The normalized spacial score (nSPS) is 10.9. The summed E-state index contributed by atoms with van der Waals surface area (Å²) in [6, 6.07) is 9.87. The first kappa shape index (κ1) is 18.1. The van der Waals surface area contributed by atoms with Crippen molar-refractivity contribution in [1.29, 1.82) is 0 Å². The van der Waals surface area contributed by atoms with Crippen molar-refractivity contribution in [2.24, 2.45) is 0 Å². The number of anilines is 1. The van der Waals surface area contributed by atoms with E-state index in [4.69, 9.17) is 15.6 Å². The number of nitrogens with zero attached hydrogens (tertiary/aromatic N) is 3. The predicted octanol–water partition coefficient (Wildman–Crippen LogP) is 3.22. The minimum Gasteiger partial charge on any atom is -0.475 e. The van der Waals surface area contributed by atoms with E-state index < -0.39 is 12.1 Å². The van der Waals surface area contributed by atoms with E-state index in [9.17, 15) is 13.2 Å². The number of fused-ring (bicyclic) bond motifs is 1. The fraction of sp³-hybridized carbons (Fsp3) is 0.125. The fourth-order valence-corrected chi connectivity index (χ4v) is 1.81. The second-order valence-corrected chi connectivity index (χ2v) is 4.98. The number of halogens is 3. The van der Waals surface area contributed by atoms with E-state index in [-0.39, 0.29) is 0 Å². The van der Waals surface area contributed by atoms with Gasteiger partial charge in [-0.2, -0.15) is 13.2 Å². The zero-order valence-corrected chi connectivity index (χ0v) is 12.9. The molecule has 1 aromatic carbocycles. The molecule has 25 heavy (non-hydrogen) atoms. The number of pyridine rings is 1. The molecule has 0 radical (unpaired) electrons. The Morgan fingerprint density at radius 3 is 2.48 bits per heavy atom. The fourth-order valence-electron chi connectivity index (χ4n) is 1.81. The number of aliphatic carboxylic acids is 1. The molecule has 0 bridgehead atoms. The van der Waals surface area contributed by atoms with Gasteiger partial charge in [0.1, 0.15) is 5.82 Å². The van der Waals surface area contributed by atoms with E-state index in [0.29, 0.717) is 11.6 Å². The molecular formula is C16H13F3N4O2. The average Bonchev–Trinajstić information content (AvgIpc) is 2.56. The molecule has 0 unspecified atom stereocenters. The van der Waals surface area contributed by atoms with Crippen molar-refractivity contribution in [3.63, 3.8) is 0 Å². The van der Waals surface area contributed by atoms with Crippen LogP contribution in [0.1, 0.15) is 5.56 Å². The summed E-state index contributed by atoms with van der Waals surface area (Å²) in [5.74, 6) is -1.59. The van der Waals surface area contributed by atoms with Crippen LogP contribution in [-0.2, 0) is 4.79 Å². The molecule has 0 aliphatic rings. The maximum absolute atomic E-state index is 10.6. The summed E-state index contributed by atoms with van der Waals surface area (Å²) in [5.41, 5.74) is 8.60. The molecule has 2 heterocycles.